The molecule has 0 amide bonds. The standard InChI is InChI=1S/C17H29NO/c1-14(2)17(4,13-18-10-11-19-5)12-16-9-7-6-8-15(16)3/h6-9,14,18H,10-13H2,1-5H3. The Kier molecular flexibility index (Phi) is 6.53. The van der Waals surface area contributed by atoms with Crippen LogP contribution in [0.5, 0.6) is 0 Å². The van der Waals surface area contributed by atoms with Gasteiger partial charge >= 0.3 is 0 Å². The first-order valence-electron chi connectivity index (χ1n) is 7.24. The van der Waals surface area contributed by atoms with E-state index in [1.807, 2.05) is 0 Å². The van der Waals surface area contributed by atoms with Crippen LogP contribution in [-0.2, 0) is 11.2 Å². The molecule has 0 aliphatic rings. The zero-order valence-corrected chi connectivity index (χ0v) is 13.1. The van der Waals surface area contributed by atoms with Crippen molar-refractivity contribution in [3.8, 4) is 0 Å². The topological polar surface area (TPSA) is 21.3 Å². The van der Waals surface area contributed by atoms with Crippen molar-refractivity contribution in [2.45, 2.75) is 34.1 Å². The molecule has 1 aromatic rings. The highest BCUT2D eigenvalue weighted by atomic mass is 16.5. The maximum atomic E-state index is 5.09. The number of ether oxygens (including phenoxy) is 1. The number of rotatable bonds is 8. The van der Waals surface area contributed by atoms with Crippen LogP contribution in [0.4, 0.5) is 0 Å². The number of methoxy groups -OCH3 is 1. The molecule has 0 heterocycles. The zero-order valence-electron chi connectivity index (χ0n) is 13.1. The van der Waals surface area contributed by atoms with Crippen molar-refractivity contribution < 1.29 is 4.74 Å². The van der Waals surface area contributed by atoms with E-state index in [1.54, 1.807) is 7.11 Å². The molecule has 0 aliphatic heterocycles. The van der Waals surface area contributed by atoms with E-state index in [4.69, 9.17) is 4.74 Å². The maximum absolute atomic E-state index is 5.09. The van der Waals surface area contributed by atoms with E-state index in [2.05, 4.69) is 57.3 Å². The van der Waals surface area contributed by atoms with Gasteiger partial charge in [-0.25, -0.2) is 0 Å². The lowest BCUT2D eigenvalue weighted by Gasteiger charge is -2.35. The van der Waals surface area contributed by atoms with Crippen LogP contribution in [0.2, 0.25) is 0 Å². The summed E-state index contributed by atoms with van der Waals surface area (Å²) in [6.07, 6.45) is 1.12. The highest BCUT2D eigenvalue weighted by molar-refractivity contribution is 5.26. The third kappa shape index (κ3) is 4.96. The van der Waals surface area contributed by atoms with Crippen LogP contribution in [0.25, 0.3) is 0 Å². The first-order valence-corrected chi connectivity index (χ1v) is 7.24. The average Bonchev–Trinajstić information content (AvgIpc) is 2.37. The summed E-state index contributed by atoms with van der Waals surface area (Å²) in [5.41, 5.74) is 3.14. The number of nitrogens with one attached hydrogen (secondary N) is 1. The molecule has 1 unspecified atom stereocenters. The van der Waals surface area contributed by atoms with E-state index < -0.39 is 0 Å². The number of hydrogen-bond acceptors (Lipinski definition) is 2. The smallest absolute Gasteiger partial charge is 0.0587 e. The van der Waals surface area contributed by atoms with Gasteiger partial charge in [0.2, 0.25) is 0 Å². The molecule has 0 spiro atoms. The van der Waals surface area contributed by atoms with Gasteiger partial charge in [-0.2, -0.15) is 0 Å². The minimum Gasteiger partial charge on any atom is -0.383 e. The van der Waals surface area contributed by atoms with Gasteiger partial charge in [-0.15, -0.1) is 0 Å². The molecule has 19 heavy (non-hydrogen) atoms. The van der Waals surface area contributed by atoms with Crippen LogP contribution >= 0.6 is 0 Å². The third-order valence-corrected chi connectivity index (χ3v) is 4.26. The summed E-state index contributed by atoms with van der Waals surface area (Å²) in [4.78, 5) is 0. The molecule has 0 bridgehead atoms. The lowest BCUT2D eigenvalue weighted by molar-refractivity contribution is 0.175. The van der Waals surface area contributed by atoms with Crippen LogP contribution in [0.1, 0.15) is 31.9 Å². The Morgan fingerprint density at radius 1 is 1.26 bits per heavy atom. The van der Waals surface area contributed by atoms with Gasteiger partial charge in [0.25, 0.3) is 0 Å². The Bertz CT molecular complexity index is 375. The van der Waals surface area contributed by atoms with Crippen LogP contribution in [0.3, 0.4) is 0 Å². The van der Waals surface area contributed by atoms with E-state index in [-0.39, 0.29) is 5.41 Å². The molecule has 0 aromatic heterocycles. The van der Waals surface area contributed by atoms with Crippen molar-refractivity contribution in [2.24, 2.45) is 11.3 Å². The summed E-state index contributed by atoms with van der Waals surface area (Å²) in [6, 6.07) is 8.71. The number of hydrogen-bond donors (Lipinski definition) is 1. The molecular weight excluding hydrogens is 234 g/mol. The molecule has 1 N–H and O–H groups in total. The summed E-state index contributed by atoms with van der Waals surface area (Å²) < 4.78 is 5.09. The fourth-order valence-corrected chi connectivity index (χ4v) is 2.26. The SMILES string of the molecule is COCCNCC(C)(Cc1ccccc1C)C(C)C. The lowest BCUT2D eigenvalue weighted by atomic mass is 9.73. The van der Waals surface area contributed by atoms with Gasteiger partial charge in [0.15, 0.2) is 0 Å². The molecule has 0 fully saturated rings. The largest absolute Gasteiger partial charge is 0.383 e. The minimum absolute atomic E-state index is 0.278. The molecule has 0 aliphatic carbocycles. The summed E-state index contributed by atoms with van der Waals surface area (Å²) >= 11 is 0. The van der Waals surface area contributed by atoms with Crippen molar-refractivity contribution in [3.63, 3.8) is 0 Å². The van der Waals surface area contributed by atoms with Crippen LogP contribution in [-0.4, -0.2) is 26.8 Å². The van der Waals surface area contributed by atoms with Crippen molar-refractivity contribution in [1.29, 1.82) is 0 Å². The maximum Gasteiger partial charge on any atom is 0.0587 e. The van der Waals surface area contributed by atoms with Crippen LogP contribution < -0.4 is 5.32 Å². The molecule has 2 nitrogen and oxygen atoms in total. The zero-order chi connectivity index (χ0) is 14.3. The number of aryl methyl sites for hydroxylation is 1. The highest BCUT2D eigenvalue weighted by Crippen LogP contribution is 2.31. The lowest BCUT2D eigenvalue weighted by Crippen LogP contribution is -2.39. The first-order chi connectivity index (χ1) is 8.99. The molecular formula is C17H29NO. The second-order valence-corrected chi connectivity index (χ2v) is 6.08. The van der Waals surface area contributed by atoms with E-state index in [9.17, 15) is 0 Å². The fraction of sp³-hybridized carbons (Fsp3) is 0.647. The van der Waals surface area contributed by atoms with Crippen LogP contribution in [0.15, 0.2) is 24.3 Å². The summed E-state index contributed by atoms with van der Waals surface area (Å²) in [5.74, 6) is 0.641. The third-order valence-electron chi connectivity index (χ3n) is 4.26. The van der Waals surface area contributed by atoms with Gasteiger partial charge in [0.05, 0.1) is 6.61 Å². The normalized spacial score (nSPS) is 14.6. The minimum atomic E-state index is 0.278. The van der Waals surface area contributed by atoms with Gasteiger partial charge in [0, 0.05) is 20.2 Å². The Balaban J connectivity index is 2.68. The molecule has 0 saturated heterocycles. The van der Waals surface area contributed by atoms with E-state index in [1.165, 1.54) is 11.1 Å². The molecule has 1 rings (SSSR count). The van der Waals surface area contributed by atoms with Gasteiger partial charge in [0.1, 0.15) is 0 Å². The molecule has 1 aromatic carbocycles. The Labute approximate surface area is 118 Å². The Morgan fingerprint density at radius 2 is 1.95 bits per heavy atom. The summed E-state index contributed by atoms with van der Waals surface area (Å²) in [6.45, 7) is 11.9. The Hall–Kier alpha value is -0.860. The second-order valence-electron chi connectivity index (χ2n) is 6.08. The molecule has 108 valence electrons. The van der Waals surface area contributed by atoms with Gasteiger partial charge in [-0.05, 0) is 35.8 Å². The monoisotopic (exact) mass is 263 g/mol. The van der Waals surface area contributed by atoms with Gasteiger partial charge < -0.3 is 10.1 Å². The summed E-state index contributed by atoms with van der Waals surface area (Å²) in [5, 5.41) is 3.52. The van der Waals surface area contributed by atoms with Crippen molar-refractivity contribution in [2.75, 3.05) is 26.8 Å². The molecule has 2 heteroatoms. The van der Waals surface area contributed by atoms with Crippen molar-refractivity contribution in [3.05, 3.63) is 35.4 Å². The van der Waals surface area contributed by atoms with E-state index in [0.29, 0.717) is 5.92 Å². The quantitative estimate of drug-likeness (QED) is 0.726. The highest BCUT2D eigenvalue weighted by Gasteiger charge is 2.28. The predicted octanol–water partition coefficient (Wildman–Crippen LogP) is 3.44. The number of benzene rings is 1. The predicted molar refractivity (Wildman–Crippen MR) is 82.6 cm³/mol. The average molecular weight is 263 g/mol. The molecule has 0 radical (unpaired) electrons. The van der Waals surface area contributed by atoms with E-state index in [0.717, 1.165) is 26.1 Å². The van der Waals surface area contributed by atoms with Crippen molar-refractivity contribution >= 4 is 0 Å². The van der Waals surface area contributed by atoms with Gasteiger partial charge in [-0.1, -0.05) is 45.0 Å². The Morgan fingerprint density at radius 3 is 2.53 bits per heavy atom. The fourth-order valence-electron chi connectivity index (χ4n) is 2.26. The molecule has 0 saturated carbocycles. The molecule has 1 atom stereocenters. The van der Waals surface area contributed by atoms with Crippen molar-refractivity contribution in [1.82, 2.24) is 5.32 Å². The summed E-state index contributed by atoms with van der Waals surface area (Å²) in [7, 11) is 1.75. The van der Waals surface area contributed by atoms with E-state index >= 15 is 0 Å². The first kappa shape index (κ1) is 16.2. The van der Waals surface area contributed by atoms with Crippen LogP contribution in [0, 0.1) is 18.3 Å². The second kappa shape index (κ2) is 7.66. The van der Waals surface area contributed by atoms with Gasteiger partial charge in [-0.3, -0.25) is 0 Å².